The molecule has 3 heteroatoms. The zero-order chi connectivity index (χ0) is 5.11. The second-order valence-electron chi connectivity index (χ2n) is 1.24. The van der Waals surface area contributed by atoms with Gasteiger partial charge in [-0.1, -0.05) is 6.08 Å². The molecule has 0 saturated carbocycles. The van der Waals surface area contributed by atoms with Crippen molar-refractivity contribution in [3.8, 4) is 0 Å². The third kappa shape index (κ3) is 2.17. The average molecular weight is 154 g/mol. The van der Waals surface area contributed by atoms with Gasteiger partial charge in [0.2, 0.25) is 6.29 Å². The predicted octanol–water partition coefficient (Wildman–Crippen LogP) is 0.402. The van der Waals surface area contributed by atoms with Crippen LogP contribution >= 0.6 is 0 Å². The predicted molar refractivity (Wildman–Crippen MR) is 25.4 cm³/mol. The van der Waals surface area contributed by atoms with E-state index in [2.05, 4.69) is 4.74 Å². The van der Waals surface area contributed by atoms with Crippen LogP contribution in [0.25, 0.3) is 0 Å². The Kier molecular flexibility index (Phi) is 3.61. The summed E-state index contributed by atoms with van der Waals surface area (Å²) in [5.41, 5.74) is 0. The van der Waals surface area contributed by atoms with E-state index in [-0.39, 0.29) is 17.1 Å². The van der Waals surface area contributed by atoms with Crippen LogP contribution in [0.2, 0.25) is 0 Å². The first kappa shape index (κ1) is 7.76. The first-order chi connectivity index (χ1) is 3.39. The first-order valence-electron chi connectivity index (χ1n) is 2.06. The first-order valence-corrected chi connectivity index (χ1v) is 2.06. The van der Waals surface area contributed by atoms with Gasteiger partial charge in [0.05, 0.1) is 6.26 Å². The minimum atomic E-state index is -0.731. The molecular formula is C5H6FeO2. The third-order valence-corrected chi connectivity index (χ3v) is 0.683. The second-order valence-corrected chi connectivity index (χ2v) is 1.24. The molecule has 1 atom stereocenters. The fourth-order valence-electron chi connectivity index (χ4n) is 0.376. The molecule has 0 spiro atoms. The molecule has 0 aromatic heterocycles. The Hall–Kier alpha value is -0.241. The molecule has 1 aliphatic heterocycles. The van der Waals surface area contributed by atoms with Gasteiger partial charge in [-0.2, -0.15) is 0 Å². The van der Waals surface area contributed by atoms with Crippen LogP contribution < -0.4 is 0 Å². The van der Waals surface area contributed by atoms with Crippen LogP contribution in [0.1, 0.15) is 0 Å². The van der Waals surface area contributed by atoms with Crippen molar-refractivity contribution in [2.45, 2.75) is 6.29 Å². The maximum Gasteiger partial charge on any atom is 0.216 e. The van der Waals surface area contributed by atoms with Crippen molar-refractivity contribution < 1.29 is 26.9 Å². The van der Waals surface area contributed by atoms with E-state index >= 15 is 0 Å². The number of ether oxygens (including phenoxy) is 1. The number of allylic oxidation sites excluding steroid dienone is 2. The fourth-order valence-corrected chi connectivity index (χ4v) is 0.376. The normalized spacial score (nSPS) is 23.9. The van der Waals surface area contributed by atoms with Crippen LogP contribution in [-0.2, 0) is 21.8 Å². The molecule has 0 aromatic carbocycles. The molecule has 0 radical (unpaired) electrons. The van der Waals surface area contributed by atoms with Crippen molar-refractivity contribution in [1.82, 2.24) is 0 Å². The monoisotopic (exact) mass is 154 g/mol. The van der Waals surface area contributed by atoms with Crippen molar-refractivity contribution in [1.29, 1.82) is 0 Å². The summed E-state index contributed by atoms with van der Waals surface area (Å²) in [6.07, 6.45) is 5.72. The molecule has 0 fully saturated rings. The van der Waals surface area contributed by atoms with Crippen molar-refractivity contribution in [3.05, 3.63) is 24.5 Å². The summed E-state index contributed by atoms with van der Waals surface area (Å²) in [5, 5.41) is 8.55. The minimum Gasteiger partial charge on any atom is -0.469 e. The summed E-state index contributed by atoms with van der Waals surface area (Å²) >= 11 is 0. The Bertz CT molecular complexity index is 109. The molecule has 0 aliphatic carbocycles. The SMILES string of the molecule is OC1C=CC=CO1.[Fe]. The molecule has 0 amide bonds. The third-order valence-electron chi connectivity index (χ3n) is 0.683. The van der Waals surface area contributed by atoms with Gasteiger partial charge in [0.25, 0.3) is 0 Å². The van der Waals surface area contributed by atoms with Gasteiger partial charge >= 0.3 is 0 Å². The van der Waals surface area contributed by atoms with Gasteiger partial charge in [0.15, 0.2) is 0 Å². The van der Waals surface area contributed by atoms with Gasteiger partial charge in [-0.15, -0.1) is 0 Å². The Labute approximate surface area is 58.3 Å². The molecule has 1 aliphatic rings. The van der Waals surface area contributed by atoms with E-state index in [0.29, 0.717) is 0 Å². The number of rotatable bonds is 0. The molecule has 1 heterocycles. The Morgan fingerprint density at radius 1 is 1.38 bits per heavy atom. The van der Waals surface area contributed by atoms with E-state index in [4.69, 9.17) is 5.11 Å². The molecule has 2 nitrogen and oxygen atoms in total. The van der Waals surface area contributed by atoms with Gasteiger partial charge in [-0.05, 0) is 12.2 Å². The maximum atomic E-state index is 8.55. The topological polar surface area (TPSA) is 29.5 Å². The molecule has 46 valence electrons. The number of hydrogen-bond donors (Lipinski definition) is 1. The summed E-state index contributed by atoms with van der Waals surface area (Å²) in [5.74, 6) is 0. The number of aliphatic hydroxyl groups excluding tert-OH is 1. The van der Waals surface area contributed by atoms with Crippen molar-refractivity contribution in [2.75, 3.05) is 0 Å². The van der Waals surface area contributed by atoms with Crippen LogP contribution in [0.4, 0.5) is 0 Å². The zero-order valence-corrected chi connectivity index (χ0v) is 5.20. The standard InChI is InChI=1S/C5H6O2.Fe/c6-5-3-1-2-4-7-5;/h1-6H;. The molecule has 1 unspecified atom stereocenters. The van der Waals surface area contributed by atoms with Gasteiger partial charge in [-0.25, -0.2) is 0 Å². The molecule has 1 N–H and O–H groups in total. The van der Waals surface area contributed by atoms with Crippen LogP contribution in [0.15, 0.2) is 24.5 Å². The minimum absolute atomic E-state index is 0. The van der Waals surface area contributed by atoms with Crippen molar-refractivity contribution in [3.63, 3.8) is 0 Å². The Morgan fingerprint density at radius 2 is 2.12 bits per heavy atom. The van der Waals surface area contributed by atoms with Crippen LogP contribution in [0.5, 0.6) is 0 Å². The van der Waals surface area contributed by atoms with Crippen LogP contribution in [0.3, 0.4) is 0 Å². The molecule has 8 heavy (non-hydrogen) atoms. The van der Waals surface area contributed by atoms with E-state index in [1.807, 2.05) is 0 Å². The smallest absolute Gasteiger partial charge is 0.216 e. The quantitative estimate of drug-likeness (QED) is 0.511. The largest absolute Gasteiger partial charge is 0.469 e. The summed E-state index contributed by atoms with van der Waals surface area (Å²) in [6.45, 7) is 0. The molecule has 0 aromatic rings. The molecule has 1 rings (SSSR count). The summed E-state index contributed by atoms with van der Waals surface area (Å²) in [6, 6.07) is 0. The van der Waals surface area contributed by atoms with E-state index in [1.165, 1.54) is 6.26 Å². The molecular weight excluding hydrogens is 148 g/mol. The number of hydrogen-bond acceptors (Lipinski definition) is 2. The molecule has 0 bridgehead atoms. The number of aliphatic hydroxyl groups is 1. The van der Waals surface area contributed by atoms with Gasteiger partial charge in [0.1, 0.15) is 0 Å². The van der Waals surface area contributed by atoms with Gasteiger partial charge < -0.3 is 9.84 Å². The van der Waals surface area contributed by atoms with E-state index in [1.54, 1.807) is 18.2 Å². The average Bonchev–Trinajstić information content (AvgIpc) is 1.69. The Morgan fingerprint density at radius 3 is 2.38 bits per heavy atom. The van der Waals surface area contributed by atoms with Crippen LogP contribution in [-0.4, -0.2) is 11.4 Å². The summed E-state index contributed by atoms with van der Waals surface area (Å²) < 4.78 is 4.57. The van der Waals surface area contributed by atoms with Crippen molar-refractivity contribution >= 4 is 0 Å². The zero-order valence-electron chi connectivity index (χ0n) is 4.10. The van der Waals surface area contributed by atoms with E-state index < -0.39 is 6.29 Å². The Balaban J connectivity index is 0.000000490. The maximum absolute atomic E-state index is 8.55. The van der Waals surface area contributed by atoms with E-state index in [0.717, 1.165) is 0 Å². The van der Waals surface area contributed by atoms with Gasteiger partial charge in [-0.3, -0.25) is 0 Å². The van der Waals surface area contributed by atoms with E-state index in [9.17, 15) is 0 Å². The summed E-state index contributed by atoms with van der Waals surface area (Å²) in [4.78, 5) is 0. The summed E-state index contributed by atoms with van der Waals surface area (Å²) in [7, 11) is 0. The fraction of sp³-hybridized carbons (Fsp3) is 0.200. The van der Waals surface area contributed by atoms with Crippen LogP contribution in [0, 0.1) is 0 Å². The molecule has 0 saturated heterocycles. The van der Waals surface area contributed by atoms with Crippen molar-refractivity contribution in [2.24, 2.45) is 0 Å². The second kappa shape index (κ2) is 3.72. The van der Waals surface area contributed by atoms with Gasteiger partial charge in [0, 0.05) is 17.1 Å².